The van der Waals surface area contributed by atoms with E-state index in [0.717, 1.165) is 16.8 Å². The van der Waals surface area contributed by atoms with Crippen LogP contribution in [0.1, 0.15) is 11.1 Å². The Morgan fingerprint density at radius 2 is 1.88 bits per heavy atom. The van der Waals surface area contributed by atoms with Gasteiger partial charge in [-0.1, -0.05) is 60.2 Å². The molecule has 8 heteroatoms. The van der Waals surface area contributed by atoms with E-state index < -0.39 is 0 Å². The second-order valence-electron chi connectivity index (χ2n) is 7.89. The van der Waals surface area contributed by atoms with E-state index in [1.54, 1.807) is 7.05 Å². The number of benzene rings is 2. The van der Waals surface area contributed by atoms with Crippen molar-refractivity contribution in [3.63, 3.8) is 0 Å². The minimum Gasteiger partial charge on any atom is -0.310 e. The molecule has 162 valence electrons. The summed E-state index contributed by atoms with van der Waals surface area (Å²) in [7, 11) is 1.65. The fourth-order valence-electron chi connectivity index (χ4n) is 4.20. The average Bonchev–Trinajstić information content (AvgIpc) is 3.36. The predicted molar refractivity (Wildman–Crippen MR) is 128 cm³/mol. The largest absolute Gasteiger partial charge is 0.332 e. The molecule has 0 saturated carbocycles. The third-order valence-corrected chi connectivity index (χ3v) is 6.10. The van der Waals surface area contributed by atoms with Crippen molar-refractivity contribution in [1.29, 1.82) is 0 Å². The number of nitrogens with zero attached hydrogens (tertiary/aromatic N) is 5. The van der Waals surface area contributed by atoms with Crippen molar-refractivity contribution in [2.75, 3.05) is 11.4 Å². The molecule has 2 aromatic carbocycles. The van der Waals surface area contributed by atoms with Crippen LogP contribution in [0.3, 0.4) is 0 Å². The Labute approximate surface area is 189 Å². The van der Waals surface area contributed by atoms with Crippen molar-refractivity contribution in [1.82, 2.24) is 18.7 Å². The standard InChI is InChI=1S/C24H22ClN5O2/c1-16-10-11-18(25)15-19(16)28-13-14-29-20-21(26-23(28)29)27(2)24(32)30(22(20)31)12-6-9-17-7-4-3-5-8-17/h3-11,15H,12-14H2,1-2H3. The lowest BCUT2D eigenvalue weighted by atomic mass is 10.2. The van der Waals surface area contributed by atoms with E-state index >= 15 is 0 Å². The van der Waals surface area contributed by atoms with Crippen LogP contribution in [0.25, 0.3) is 17.2 Å². The first-order valence-corrected chi connectivity index (χ1v) is 10.8. The van der Waals surface area contributed by atoms with E-state index in [1.165, 1.54) is 9.13 Å². The highest BCUT2D eigenvalue weighted by molar-refractivity contribution is 6.30. The van der Waals surface area contributed by atoms with Crippen LogP contribution in [-0.2, 0) is 20.1 Å². The molecule has 0 unspecified atom stereocenters. The lowest BCUT2D eigenvalue weighted by Crippen LogP contribution is -2.39. The molecule has 0 amide bonds. The molecule has 0 radical (unpaired) electrons. The maximum atomic E-state index is 13.3. The summed E-state index contributed by atoms with van der Waals surface area (Å²) in [5, 5.41) is 0.639. The number of aromatic nitrogens is 4. The molecule has 0 spiro atoms. The van der Waals surface area contributed by atoms with Gasteiger partial charge in [0.1, 0.15) is 0 Å². The molecule has 0 atom stereocenters. The number of imidazole rings is 1. The number of allylic oxidation sites excluding steroid dienone is 1. The van der Waals surface area contributed by atoms with Crippen molar-refractivity contribution < 1.29 is 0 Å². The van der Waals surface area contributed by atoms with Crippen LogP contribution in [0.5, 0.6) is 0 Å². The molecular formula is C24H22ClN5O2. The Morgan fingerprint density at radius 3 is 2.66 bits per heavy atom. The summed E-state index contributed by atoms with van der Waals surface area (Å²) >= 11 is 6.23. The molecule has 2 aromatic heterocycles. The normalized spacial score (nSPS) is 13.4. The Morgan fingerprint density at radius 1 is 1.09 bits per heavy atom. The van der Waals surface area contributed by atoms with Gasteiger partial charge in [-0.15, -0.1) is 0 Å². The van der Waals surface area contributed by atoms with Crippen LogP contribution >= 0.6 is 11.6 Å². The first-order chi connectivity index (χ1) is 15.5. The predicted octanol–water partition coefficient (Wildman–Crippen LogP) is 3.72. The van der Waals surface area contributed by atoms with Crippen molar-refractivity contribution in [2.24, 2.45) is 7.05 Å². The van der Waals surface area contributed by atoms with Gasteiger partial charge in [0, 0.05) is 37.4 Å². The van der Waals surface area contributed by atoms with Gasteiger partial charge < -0.3 is 9.47 Å². The van der Waals surface area contributed by atoms with Crippen molar-refractivity contribution in [2.45, 2.75) is 20.0 Å². The summed E-state index contributed by atoms with van der Waals surface area (Å²) in [6.45, 7) is 3.48. The summed E-state index contributed by atoms with van der Waals surface area (Å²) in [6, 6.07) is 15.5. The zero-order valence-electron chi connectivity index (χ0n) is 17.8. The fourth-order valence-corrected chi connectivity index (χ4v) is 4.37. The van der Waals surface area contributed by atoms with Gasteiger partial charge in [-0.05, 0) is 30.2 Å². The van der Waals surface area contributed by atoms with Crippen LogP contribution in [0.15, 0.2) is 64.2 Å². The Balaban J connectivity index is 1.60. The molecule has 4 aromatic rings. The molecular weight excluding hydrogens is 426 g/mol. The summed E-state index contributed by atoms with van der Waals surface area (Å²) < 4.78 is 4.60. The molecule has 0 N–H and O–H groups in total. The first-order valence-electron chi connectivity index (χ1n) is 10.4. The van der Waals surface area contributed by atoms with E-state index in [-0.39, 0.29) is 17.8 Å². The molecule has 32 heavy (non-hydrogen) atoms. The SMILES string of the molecule is Cc1ccc(Cl)cc1N1CCn2c1nc1c2c(=O)n(CC=Cc2ccccc2)c(=O)n1C. The highest BCUT2D eigenvalue weighted by Crippen LogP contribution is 2.34. The van der Waals surface area contributed by atoms with E-state index in [0.29, 0.717) is 35.2 Å². The molecule has 1 aliphatic heterocycles. The second kappa shape index (κ2) is 7.84. The number of hydrogen-bond acceptors (Lipinski definition) is 4. The number of aryl methyl sites for hydroxylation is 2. The lowest BCUT2D eigenvalue weighted by molar-refractivity contribution is 0.663. The number of halogens is 1. The van der Waals surface area contributed by atoms with Gasteiger partial charge in [-0.2, -0.15) is 4.98 Å². The molecule has 0 bridgehead atoms. The van der Waals surface area contributed by atoms with E-state index in [9.17, 15) is 9.59 Å². The zero-order valence-corrected chi connectivity index (χ0v) is 18.6. The highest BCUT2D eigenvalue weighted by Gasteiger charge is 2.29. The zero-order chi connectivity index (χ0) is 22.4. The molecule has 1 aliphatic rings. The molecule has 3 heterocycles. The van der Waals surface area contributed by atoms with Crippen molar-refractivity contribution >= 4 is 40.5 Å². The number of rotatable bonds is 4. The van der Waals surface area contributed by atoms with Crippen molar-refractivity contribution in [3.05, 3.63) is 91.6 Å². The summed E-state index contributed by atoms with van der Waals surface area (Å²) in [5.41, 5.74) is 3.14. The minimum atomic E-state index is -0.387. The number of hydrogen-bond donors (Lipinski definition) is 0. The number of fused-ring (bicyclic) bond motifs is 3. The first kappa shape index (κ1) is 20.3. The topological polar surface area (TPSA) is 65.1 Å². The van der Waals surface area contributed by atoms with Gasteiger partial charge >= 0.3 is 5.69 Å². The second-order valence-corrected chi connectivity index (χ2v) is 8.32. The van der Waals surface area contributed by atoms with E-state index in [4.69, 9.17) is 11.6 Å². The third kappa shape index (κ3) is 3.26. The van der Waals surface area contributed by atoms with Crippen LogP contribution in [0, 0.1) is 6.92 Å². The minimum absolute atomic E-state index is 0.188. The van der Waals surface area contributed by atoms with E-state index in [2.05, 4.69) is 4.98 Å². The average molecular weight is 448 g/mol. The Bertz CT molecular complexity index is 1480. The van der Waals surface area contributed by atoms with Gasteiger partial charge in [-0.3, -0.25) is 13.9 Å². The summed E-state index contributed by atoms with van der Waals surface area (Å²) in [6.07, 6.45) is 3.73. The molecule has 0 saturated heterocycles. The summed E-state index contributed by atoms with van der Waals surface area (Å²) in [5.74, 6) is 0.648. The van der Waals surface area contributed by atoms with Crippen LogP contribution in [0.2, 0.25) is 5.02 Å². The third-order valence-electron chi connectivity index (χ3n) is 5.86. The molecule has 0 fully saturated rings. The molecule has 0 aliphatic carbocycles. The Hall–Kier alpha value is -3.58. The van der Waals surface area contributed by atoms with Gasteiger partial charge in [0.15, 0.2) is 11.2 Å². The fraction of sp³-hybridized carbons (Fsp3) is 0.208. The Kier molecular flexibility index (Phi) is 4.98. The highest BCUT2D eigenvalue weighted by atomic mass is 35.5. The van der Waals surface area contributed by atoms with Gasteiger partial charge in [0.05, 0.1) is 0 Å². The quantitative estimate of drug-likeness (QED) is 0.478. The maximum absolute atomic E-state index is 13.3. The molecule has 5 rings (SSSR count). The van der Waals surface area contributed by atoms with Crippen molar-refractivity contribution in [3.8, 4) is 0 Å². The lowest BCUT2D eigenvalue weighted by Gasteiger charge is -2.18. The monoisotopic (exact) mass is 447 g/mol. The van der Waals surface area contributed by atoms with Gasteiger partial charge in [0.25, 0.3) is 5.56 Å². The van der Waals surface area contributed by atoms with E-state index in [1.807, 2.05) is 77.1 Å². The van der Waals surface area contributed by atoms with Gasteiger partial charge in [0.2, 0.25) is 5.95 Å². The van der Waals surface area contributed by atoms with Crippen LogP contribution in [0.4, 0.5) is 11.6 Å². The number of anilines is 2. The maximum Gasteiger partial charge on any atom is 0.332 e. The van der Waals surface area contributed by atoms with Crippen LogP contribution < -0.4 is 16.1 Å². The summed E-state index contributed by atoms with van der Waals surface area (Å²) in [4.78, 5) is 33.0. The van der Waals surface area contributed by atoms with Gasteiger partial charge in [-0.25, -0.2) is 4.79 Å². The molecule has 7 nitrogen and oxygen atoms in total. The smallest absolute Gasteiger partial charge is 0.310 e. The van der Waals surface area contributed by atoms with Crippen LogP contribution in [-0.4, -0.2) is 25.2 Å².